The Kier molecular flexibility index (Phi) is 1.43. The fraction of sp³-hybridized carbons (Fsp3) is 0.900. The summed E-state index contributed by atoms with van der Waals surface area (Å²) >= 11 is 0. The molecule has 2 heteroatoms. The van der Waals surface area contributed by atoms with Crippen LogP contribution in [0.1, 0.15) is 33.1 Å². The van der Waals surface area contributed by atoms with E-state index in [2.05, 4.69) is 0 Å². The van der Waals surface area contributed by atoms with Crippen molar-refractivity contribution < 1.29 is 9.18 Å². The van der Waals surface area contributed by atoms with Gasteiger partial charge in [-0.15, -0.1) is 0 Å². The lowest BCUT2D eigenvalue weighted by molar-refractivity contribution is -0.128. The van der Waals surface area contributed by atoms with Gasteiger partial charge in [0, 0.05) is 17.3 Å². The Balaban J connectivity index is 2.44. The fourth-order valence-electron chi connectivity index (χ4n) is 3.01. The molecule has 0 N–H and O–H groups in total. The molecular weight excluding hydrogens is 155 g/mol. The molecule has 0 saturated heterocycles. The van der Waals surface area contributed by atoms with Gasteiger partial charge in [0.2, 0.25) is 0 Å². The Morgan fingerprint density at radius 2 is 2.25 bits per heavy atom. The molecule has 68 valence electrons. The van der Waals surface area contributed by atoms with E-state index in [1.165, 1.54) is 0 Å². The Hall–Kier alpha value is -0.400. The third-order valence-corrected chi connectivity index (χ3v) is 4.48. The minimum Gasteiger partial charge on any atom is -0.299 e. The van der Waals surface area contributed by atoms with Crippen LogP contribution in [-0.4, -0.2) is 12.5 Å². The van der Waals surface area contributed by atoms with E-state index >= 15 is 0 Å². The first-order chi connectivity index (χ1) is 5.54. The van der Waals surface area contributed by atoms with Gasteiger partial charge in [-0.1, -0.05) is 13.8 Å². The highest BCUT2D eigenvalue weighted by Gasteiger charge is 2.63. The van der Waals surface area contributed by atoms with Crippen LogP contribution in [0.2, 0.25) is 0 Å². The number of ketones is 1. The lowest BCUT2D eigenvalue weighted by Crippen LogP contribution is -2.36. The maximum Gasteiger partial charge on any atom is 0.139 e. The number of halogens is 1. The van der Waals surface area contributed by atoms with Crippen LogP contribution in [0.25, 0.3) is 0 Å². The molecule has 0 aromatic carbocycles. The van der Waals surface area contributed by atoms with Gasteiger partial charge >= 0.3 is 0 Å². The molecule has 0 unspecified atom stereocenters. The number of alkyl halides is 1. The number of hydrogen-bond donors (Lipinski definition) is 0. The Morgan fingerprint density at radius 1 is 1.58 bits per heavy atom. The van der Waals surface area contributed by atoms with Crippen LogP contribution in [0.15, 0.2) is 0 Å². The molecule has 0 heterocycles. The summed E-state index contributed by atoms with van der Waals surface area (Å²) < 4.78 is 12.9. The molecule has 2 bridgehead atoms. The van der Waals surface area contributed by atoms with E-state index in [-0.39, 0.29) is 17.5 Å². The van der Waals surface area contributed by atoms with Gasteiger partial charge < -0.3 is 0 Å². The molecule has 2 fully saturated rings. The standard InChI is InChI=1S/C10H15FO/c1-9-4-3-7(5-8(9)12)10(9,2)6-11/h7H,3-6H2,1-2H3/t7-,9+,10-/m1/s1. The number of hydrogen-bond acceptors (Lipinski definition) is 1. The molecule has 0 aromatic rings. The fourth-order valence-corrected chi connectivity index (χ4v) is 3.01. The van der Waals surface area contributed by atoms with Crippen molar-refractivity contribution >= 4 is 5.78 Å². The Labute approximate surface area is 72.3 Å². The third-order valence-electron chi connectivity index (χ3n) is 4.48. The number of rotatable bonds is 1. The normalized spacial score (nSPS) is 51.9. The monoisotopic (exact) mass is 170 g/mol. The van der Waals surface area contributed by atoms with Crippen LogP contribution in [0, 0.1) is 16.7 Å². The minimum atomic E-state index is -0.343. The zero-order valence-electron chi connectivity index (χ0n) is 7.69. The van der Waals surface area contributed by atoms with Gasteiger partial charge in [0.25, 0.3) is 0 Å². The van der Waals surface area contributed by atoms with Crippen LogP contribution >= 0.6 is 0 Å². The molecule has 2 aliphatic carbocycles. The van der Waals surface area contributed by atoms with E-state index in [0.717, 1.165) is 12.8 Å². The molecule has 2 saturated carbocycles. The largest absolute Gasteiger partial charge is 0.299 e. The first-order valence-corrected chi connectivity index (χ1v) is 4.64. The van der Waals surface area contributed by atoms with Gasteiger partial charge in [0.1, 0.15) is 5.78 Å². The molecule has 0 amide bonds. The van der Waals surface area contributed by atoms with Gasteiger partial charge in [0.05, 0.1) is 6.67 Å². The van der Waals surface area contributed by atoms with Crippen molar-refractivity contribution in [3.8, 4) is 0 Å². The smallest absolute Gasteiger partial charge is 0.139 e. The Morgan fingerprint density at radius 3 is 2.50 bits per heavy atom. The molecule has 2 aliphatic rings. The summed E-state index contributed by atoms with van der Waals surface area (Å²) in [5.74, 6) is 0.610. The van der Waals surface area contributed by atoms with Crippen molar-refractivity contribution in [1.29, 1.82) is 0 Å². The van der Waals surface area contributed by atoms with Gasteiger partial charge in [-0.05, 0) is 18.8 Å². The summed E-state index contributed by atoms with van der Waals surface area (Å²) in [5, 5.41) is 0. The molecule has 3 atom stereocenters. The second kappa shape index (κ2) is 2.09. The van der Waals surface area contributed by atoms with Gasteiger partial charge in [-0.2, -0.15) is 0 Å². The maximum absolute atomic E-state index is 12.9. The first kappa shape index (κ1) is 8.21. The van der Waals surface area contributed by atoms with Gasteiger partial charge in [-0.3, -0.25) is 9.18 Å². The van der Waals surface area contributed by atoms with E-state index in [1.54, 1.807) is 0 Å². The van der Waals surface area contributed by atoms with Crippen molar-refractivity contribution in [1.82, 2.24) is 0 Å². The highest BCUT2D eigenvalue weighted by atomic mass is 19.1. The predicted octanol–water partition coefficient (Wildman–Crippen LogP) is 2.35. The van der Waals surface area contributed by atoms with Crippen LogP contribution in [0.4, 0.5) is 4.39 Å². The van der Waals surface area contributed by atoms with E-state index < -0.39 is 0 Å². The van der Waals surface area contributed by atoms with Crippen molar-refractivity contribution in [3.05, 3.63) is 0 Å². The summed E-state index contributed by atoms with van der Waals surface area (Å²) in [6.07, 6.45) is 2.57. The average molecular weight is 170 g/mol. The first-order valence-electron chi connectivity index (χ1n) is 4.64. The predicted molar refractivity (Wildman–Crippen MR) is 44.5 cm³/mol. The quantitative estimate of drug-likeness (QED) is 0.590. The number of carbonyl (C=O) groups is 1. The molecule has 1 nitrogen and oxygen atoms in total. The maximum atomic E-state index is 12.9. The lowest BCUT2D eigenvalue weighted by Gasteiger charge is -2.33. The van der Waals surface area contributed by atoms with Crippen LogP contribution in [0.5, 0.6) is 0 Å². The molecule has 2 rings (SSSR count). The summed E-state index contributed by atoms with van der Waals surface area (Å²) in [5.41, 5.74) is -0.684. The molecule has 0 aromatic heterocycles. The Bertz CT molecular complexity index is 238. The zero-order chi connectivity index (χ0) is 8.98. The van der Waals surface area contributed by atoms with Crippen LogP contribution < -0.4 is 0 Å². The number of Topliss-reactive ketones (excluding diaryl/α,β-unsaturated/α-hetero) is 1. The zero-order valence-corrected chi connectivity index (χ0v) is 7.69. The summed E-state index contributed by atoms with van der Waals surface area (Å²) in [6.45, 7) is 3.55. The molecule has 0 aliphatic heterocycles. The van der Waals surface area contributed by atoms with Crippen molar-refractivity contribution in [2.45, 2.75) is 33.1 Å². The van der Waals surface area contributed by atoms with E-state index in [9.17, 15) is 9.18 Å². The van der Waals surface area contributed by atoms with E-state index in [1.807, 2.05) is 13.8 Å². The molecule has 0 radical (unpaired) electrons. The highest BCUT2D eigenvalue weighted by Crippen LogP contribution is 2.63. The van der Waals surface area contributed by atoms with Crippen molar-refractivity contribution in [2.24, 2.45) is 16.7 Å². The van der Waals surface area contributed by atoms with Crippen molar-refractivity contribution in [2.75, 3.05) is 6.67 Å². The van der Waals surface area contributed by atoms with Crippen LogP contribution in [0.3, 0.4) is 0 Å². The van der Waals surface area contributed by atoms with Gasteiger partial charge in [0.15, 0.2) is 0 Å². The van der Waals surface area contributed by atoms with E-state index in [4.69, 9.17) is 0 Å². The summed E-state index contributed by atoms with van der Waals surface area (Å²) in [6, 6.07) is 0. The van der Waals surface area contributed by atoms with E-state index in [0.29, 0.717) is 18.1 Å². The molecule has 12 heavy (non-hydrogen) atoms. The SMILES string of the molecule is C[C@]12CC[C@H](CC1=O)[C@@]2(C)CF. The van der Waals surface area contributed by atoms with Gasteiger partial charge in [-0.25, -0.2) is 0 Å². The van der Waals surface area contributed by atoms with Crippen LogP contribution in [-0.2, 0) is 4.79 Å². The highest BCUT2D eigenvalue weighted by molar-refractivity contribution is 5.89. The third kappa shape index (κ3) is 0.629. The number of carbonyl (C=O) groups excluding carboxylic acids is 1. The average Bonchev–Trinajstić information content (AvgIpc) is 2.39. The second-order valence-corrected chi connectivity index (χ2v) is 4.75. The summed E-state index contributed by atoms with van der Waals surface area (Å²) in [7, 11) is 0. The minimum absolute atomic E-state index is 0.291. The summed E-state index contributed by atoms with van der Waals surface area (Å²) in [4.78, 5) is 11.6. The molecule has 0 spiro atoms. The molecular formula is C10H15FO. The topological polar surface area (TPSA) is 17.1 Å². The lowest BCUT2D eigenvalue weighted by atomic mass is 9.70. The number of fused-ring (bicyclic) bond motifs is 2. The second-order valence-electron chi connectivity index (χ2n) is 4.75. The van der Waals surface area contributed by atoms with Crippen molar-refractivity contribution in [3.63, 3.8) is 0 Å².